The summed E-state index contributed by atoms with van der Waals surface area (Å²) in [5, 5.41) is 2.99. The van der Waals surface area contributed by atoms with Crippen molar-refractivity contribution in [2.24, 2.45) is 0 Å². The molecule has 0 rings (SSSR count). The third kappa shape index (κ3) is 57.9. The van der Waals surface area contributed by atoms with Gasteiger partial charge in [-0.3, -0.25) is 14.2 Å². The van der Waals surface area contributed by atoms with Crippen molar-refractivity contribution in [2.75, 3.05) is 40.9 Å². The van der Waals surface area contributed by atoms with Crippen molar-refractivity contribution in [1.82, 2.24) is 5.32 Å². The largest absolute Gasteiger partial charge is 0.756 e. The summed E-state index contributed by atoms with van der Waals surface area (Å²) in [5.41, 5.74) is 0. The number of ether oxygens (including phenoxy) is 1. The molecule has 0 aliphatic rings. The van der Waals surface area contributed by atoms with E-state index in [2.05, 4.69) is 80.8 Å². The van der Waals surface area contributed by atoms with E-state index in [4.69, 9.17) is 13.8 Å². The van der Waals surface area contributed by atoms with Crippen molar-refractivity contribution >= 4 is 19.7 Å². The molecule has 0 saturated carbocycles. The Hall–Kier alpha value is -2.55. The number of rotatable bonds is 58. The molecule has 0 aliphatic heterocycles. The molecule has 0 radical (unpaired) electrons. The fourth-order valence-electron chi connectivity index (χ4n) is 9.11. The Morgan fingerprint density at radius 3 is 1.23 bits per heavy atom. The second-order valence-corrected chi connectivity index (χ2v) is 24.3. The number of hydrogen-bond acceptors (Lipinski definition) is 7. The molecule has 0 spiro atoms. The number of likely N-dealkylation sites (N-methyl/N-ethyl adjacent to an activating group) is 1. The number of nitrogens with zero attached hydrogens (tertiary/aromatic N) is 1. The number of unbranched alkanes of at least 4 members (excludes halogenated alkanes) is 32. The van der Waals surface area contributed by atoms with Crippen LogP contribution in [0.2, 0.25) is 0 Å². The maximum absolute atomic E-state index is 13.5. The molecule has 1 amide bonds. The molecule has 0 fully saturated rings. The number of amides is 1. The van der Waals surface area contributed by atoms with Gasteiger partial charge in [-0.2, -0.15) is 0 Å². The van der Waals surface area contributed by atoms with Gasteiger partial charge in [0.05, 0.1) is 33.8 Å². The summed E-state index contributed by atoms with van der Waals surface area (Å²) in [5.74, 6) is -0.617. The average molecular weight is 1100 g/mol. The molecule has 1 N–H and O–H groups in total. The topological polar surface area (TPSA) is 114 Å². The van der Waals surface area contributed by atoms with Crippen molar-refractivity contribution in [3.05, 3.63) is 72.9 Å². The molecular formula is C67H123N2O7P. The van der Waals surface area contributed by atoms with Crippen LogP contribution in [0.15, 0.2) is 72.9 Å². The summed E-state index contributed by atoms with van der Waals surface area (Å²) in [7, 11) is 1.15. The lowest BCUT2D eigenvalue weighted by atomic mass is 10.0. The molecule has 0 saturated heterocycles. The Kier molecular flexibility index (Phi) is 54.8. The van der Waals surface area contributed by atoms with E-state index in [9.17, 15) is 19.0 Å². The number of carbonyl (C=O) groups is 2. The van der Waals surface area contributed by atoms with Crippen LogP contribution in [0.3, 0.4) is 0 Å². The van der Waals surface area contributed by atoms with Crippen LogP contribution >= 0.6 is 7.82 Å². The molecule has 0 aromatic heterocycles. The second kappa shape index (κ2) is 56.7. The van der Waals surface area contributed by atoms with Gasteiger partial charge in [-0.1, -0.05) is 261 Å². The molecule has 10 heteroatoms. The third-order valence-corrected chi connectivity index (χ3v) is 15.1. The molecule has 0 aromatic rings. The van der Waals surface area contributed by atoms with Gasteiger partial charge in [0.2, 0.25) is 5.91 Å². The van der Waals surface area contributed by atoms with Gasteiger partial charge < -0.3 is 28.5 Å². The zero-order chi connectivity index (χ0) is 56.4. The van der Waals surface area contributed by atoms with Gasteiger partial charge in [-0.25, -0.2) is 0 Å². The van der Waals surface area contributed by atoms with Crippen molar-refractivity contribution < 1.29 is 37.3 Å². The number of nitrogens with one attached hydrogen (secondary N) is 1. The Bertz CT molecular complexity index is 1550. The van der Waals surface area contributed by atoms with Gasteiger partial charge >= 0.3 is 5.97 Å². The molecular weight excluding hydrogens is 976 g/mol. The van der Waals surface area contributed by atoms with Gasteiger partial charge in [0.15, 0.2) is 0 Å². The first-order valence-electron chi connectivity index (χ1n) is 32.2. The first-order valence-corrected chi connectivity index (χ1v) is 33.7. The van der Waals surface area contributed by atoms with Crippen molar-refractivity contribution in [2.45, 2.75) is 303 Å². The van der Waals surface area contributed by atoms with Crippen LogP contribution in [-0.2, 0) is 27.9 Å². The molecule has 0 aliphatic carbocycles. The third-order valence-electron chi connectivity index (χ3n) is 14.1. The van der Waals surface area contributed by atoms with Crippen molar-refractivity contribution in [1.29, 1.82) is 0 Å². The zero-order valence-electron chi connectivity index (χ0n) is 51.2. The minimum atomic E-state index is -4.71. The van der Waals surface area contributed by atoms with Gasteiger partial charge in [-0.15, -0.1) is 0 Å². The quantitative estimate of drug-likeness (QED) is 0.0212. The lowest BCUT2D eigenvalue weighted by Gasteiger charge is -2.30. The first-order chi connectivity index (χ1) is 37.4. The van der Waals surface area contributed by atoms with E-state index in [-0.39, 0.29) is 31.3 Å². The van der Waals surface area contributed by atoms with Crippen LogP contribution in [-0.4, -0.2) is 69.4 Å². The van der Waals surface area contributed by atoms with Crippen molar-refractivity contribution in [3.8, 4) is 0 Å². The lowest BCUT2D eigenvalue weighted by molar-refractivity contribution is -0.870. The highest BCUT2D eigenvalue weighted by Gasteiger charge is 2.27. The standard InChI is InChI=1S/C67H123N2O7P/c1-7-10-13-16-19-22-25-28-29-30-31-32-33-34-35-36-37-38-39-42-45-48-51-54-57-60-67(71)76-65(58-55-52-49-46-43-40-26-23-20-17-14-11-8-2)64(63-75-77(72,73)74-62-61-69(4,5)6)68-66(70)59-56-53-50-47-44-41-27-24-21-18-15-12-9-3/h19,22,28-29,31-32,41,44,50,53,55,58,64-65H,7-18,20-21,23-27,30,33-40,42-43,45-49,51-52,54,56-57,59-63H2,1-6H3,(H-,68,70,72,73)/b22-19-,29-28-,32-31-,44-41-,53-50+,58-55-. The van der Waals surface area contributed by atoms with Gasteiger partial charge in [-0.05, 0) is 89.5 Å². The van der Waals surface area contributed by atoms with E-state index in [1.165, 1.54) is 186 Å². The van der Waals surface area contributed by atoms with Crippen LogP contribution in [0.25, 0.3) is 0 Å². The molecule has 448 valence electrons. The fraction of sp³-hybridized carbons (Fsp3) is 0.791. The number of carbonyl (C=O) groups excluding carboxylic acids is 2. The van der Waals surface area contributed by atoms with Crippen LogP contribution in [0, 0.1) is 0 Å². The molecule has 0 heterocycles. The Labute approximate surface area is 476 Å². The van der Waals surface area contributed by atoms with Crippen LogP contribution in [0.4, 0.5) is 0 Å². The lowest BCUT2D eigenvalue weighted by Crippen LogP contribution is -2.47. The van der Waals surface area contributed by atoms with Gasteiger partial charge in [0.1, 0.15) is 19.3 Å². The Morgan fingerprint density at radius 1 is 0.455 bits per heavy atom. The Morgan fingerprint density at radius 2 is 0.805 bits per heavy atom. The number of phosphoric ester groups is 1. The number of phosphoric acid groups is 1. The summed E-state index contributed by atoms with van der Waals surface area (Å²) in [4.78, 5) is 39.9. The number of esters is 1. The molecule has 77 heavy (non-hydrogen) atoms. The molecule has 3 unspecified atom stereocenters. The predicted molar refractivity (Wildman–Crippen MR) is 330 cm³/mol. The Balaban J connectivity index is 5.17. The SMILES string of the molecule is CCCCC/C=C\C/C=C\C/C=C\CCCCCCCCCCCCCCC(=O)OC(/C=C\CCCCCCCCCCCCC)C(COP(=O)([O-])OCC[N+](C)(C)C)NC(=O)CC/C=C/C/C=C\CCCCCCCC. The van der Waals surface area contributed by atoms with E-state index >= 15 is 0 Å². The van der Waals surface area contributed by atoms with Crippen LogP contribution in [0.1, 0.15) is 290 Å². The van der Waals surface area contributed by atoms with Crippen LogP contribution in [0.5, 0.6) is 0 Å². The number of allylic oxidation sites excluding steroid dienone is 11. The zero-order valence-corrected chi connectivity index (χ0v) is 52.0. The molecule has 9 nitrogen and oxygen atoms in total. The summed E-state index contributed by atoms with van der Waals surface area (Å²) >= 11 is 0. The van der Waals surface area contributed by atoms with Crippen molar-refractivity contribution in [3.63, 3.8) is 0 Å². The average Bonchev–Trinajstić information content (AvgIpc) is 3.39. The van der Waals surface area contributed by atoms with Crippen LogP contribution < -0.4 is 10.2 Å². The highest BCUT2D eigenvalue weighted by molar-refractivity contribution is 7.45. The smallest absolute Gasteiger partial charge is 0.306 e. The predicted octanol–water partition coefficient (Wildman–Crippen LogP) is 19.4. The molecule has 3 atom stereocenters. The van der Waals surface area contributed by atoms with E-state index in [1.54, 1.807) is 0 Å². The number of quaternary nitrogens is 1. The minimum absolute atomic E-state index is 0.0331. The fourth-order valence-corrected chi connectivity index (χ4v) is 9.83. The van der Waals surface area contributed by atoms with E-state index in [0.717, 1.165) is 64.2 Å². The van der Waals surface area contributed by atoms with E-state index < -0.39 is 26.6 Å². The van der Waals surface area contributed by atoms with E-state index in [0.29, 0.717) is 17.4 Å². The summed E-state index contributed by atoms with van der Waals surface area (Å²) in [6.07, 6.45) is 73.2. The molecule has 0 bridgehead atoms. The second-order valence-electron chi connectivity index (χ2n) is 22.9. The van der Waals surface area contributed by atoms with E-state index in [1.807, 2.05) is 39.4 Å². The first kappa shape index (κ1) is 74.5. The highest BCUT2D eigenvalue weighted by Crippen LogP contribution is 2.38. The maximum Gasteiger partial charge on any atom is 0.306 e. The maximum atomic E-state index is 13.5. The van der Waals surface area contributed by atoms with Gasteiger partial charge in [0.25, 0.3) is 7.82 Å². The van der Waals surface area contributed by atoms with Gasteiger partial charge in [0, 0.05) is 12.8 Å². The summed E-state index contributed by atoms with van der Waals surface area (Å²) in [6, 6.07) is -0.921. The highest BCUT2D eigenvalue weighted by atomic mass is 31.2. The normalized spacial score (nSPS) is 14.1. The summed E-state index contributed by atoms with van der Waals surface area (Å²) in [6.45, 7) is 6.78. The summed E-state index contributed by atoms with van der Waals surface area (Å²) < 4.78 is 30.3. The minimum Gasteiger partial charge on any atom is -0.756 e. The molecule has 0 aromatic carbocycles. The monoisotopic (exact) mass is 1100 g/mol. The number of hydrogen-bond donors (Lipinski definition) is 1.